The maximum atomic E-state index is 11.9. The fourth-order valence-corrected chi connectivity index (χ4v) is 1.49. The van der Waals surface area contributed by atoms with Crippen LogP contribution in [-0.2, 0) is 14.1 Å². The predicted octanol–water partition coefficient (Wildman–Crippen LogP) is 0.297. The van der Waals surface area contributed by atoms with Crippen molar-refractivity contribution in [2.24, 2.45) is 14.1 Å². The van der Waals surface area contributed by atoms with Gasteiger partial charge in [-0.25, -0.2) is 0 Å². The zero-order chi connectivity index (χ0) is 12.6. The van der Waals surface area contributed by atoms with Gasteiger partial charge < -0.3 is 11.1 Å². The monoisotopic (exact) mass is 234 g/mol. The lowest BCUT2D eigenvalue weighted by Crippen LogP contribution is -2.15. The fourth-order valence-electron chi connectivity index (χ4n) is 1.49. The molecule has 2 rings (SSSR count). The van der Waals surface area contributed by atoms with Gasteiger partial charge in [-0.15, -0.1) is 0 Å². The first-order valence-corrected chi connectivity index (χ1v) is 5.08. The highest BCUT2D eigenvalue weighted by molar-refractivity contribution is 6.06. The molecular formula is C10H14N6O. The number of carbonyl (C=O) groups is 1. The third kappa shape index (κ3) is 1.99. The third-order valence-electron chi connectivity index (χ3n) is 2.56. The van der Waals surface area contributed by atoms with Crippen LogP contribution in [0.25, 0.3) is 0 Å². The van der Waals surface area contributed by atoms with Crippen LogP contribution in [0.3, 0.4) is 0 Å². The molecule has 0 aromatic carbocycles. The van der Waals surface area contributed by atoms with E-state index in [0.717, 1.165) is 5.69 Å². The Labute approximate surface area is 98.2 Å². The maximum absolute atomic E-state index is 11.9. The van der Waals surface area contributed by atoms with E-state index >= 15 is 0 Å². The van der Waals surface area contributed by atoms with Gasteiger partial charge in [-0.3, -0.25) is 14.2 Å². The zero-order valence-corrected chi connectivity index (χ0v) is 9.93. The molecule has 2 aromatic heterocycles. The summed E-state index contributed by atoms with van der Waals surface area (Å²) in [6.07, 6.45) is 3.18. The molecule has 0 bridgehead atoms. The highest BCUT2D eigenvalue weighted by atomic mass is 16.2. The summed E-state index contributed by atoms with van der Waals surface area (Å²) in [7, 11) is 3.52. The number of amides is 1. The van der Waals surface area contributed by atoms with Crippen molar-refractivity contribution in [2.75, 3.05) is 11.1 Å². The molecule has 17 heavy (non-hydrogen) atoms. The number of nitrogens with one attached hydrogen (secondary N) is 1. The van der Waals surface area contributed by atoms with Gasteiger partial charge in [0.05, 0.1) is 23.3 Å². The zero-order valence-electron chi connectivity index (χ0n) is 9.93. The van der Waals surface area contributed by atoms with Crippen molar-refractivity contribution >= 4 is 17.3 Å². The lowest BCUT2D eigenvalue weighted by atomic mass is 10.3. The molecule has 0 atom stereocenters. The van der Waals surface area contributed by atoms with E-state index in [1.807, 2.05) is 6.92 Å². The summed E-state index contributed by atoms with van der Waals surface area (Å²) in [5.74, 6) is -0.334. The highest BCUT2D eigenvalue weighted by Gasteiger charge is 2.16. The number of rotatable bonds is 2. The van der Waals surface area contributed by atoms with E-state index in [4.69, 9.17) is 5.73 Å². The molecule has 1 amide bonds. The van der Waals surface area contributed by atoms with Gasteiger partial charge in [-0.2, -0.15) is 10.2 Å². The van der Waals surface area contributed by atoms with Crippen LogP contribution in [-0.4, -0.2) is 25.5 Å². The van der Waals surface area contributed by atoms with Crippen LogP contribution >= 0.6 is 0 Å². The fraction of sp³-hybridized carbons (Fsp3) is 0.300. The Morgan fingerprint density at radius 2 is 2.18 bits per heavy atom. The third-order valence-corrected chi connectivity index (χ3v) is 2.56. The molecule has 2 aromatic rings. The van der Waals surface area contributed by atoms with Crippen molar-refractivity contribution in [3.8, 4) is 0 Å². The number of anilines is 2. The molecule has 0 radical (unpaired) electrons. The number of hydrogen-bond donors (Lipinski definition) is 2. The highest BCUT2D eigenvalue weighted by Crippen LogP contribution is 2.15. The van der Waals surface area contributed by atoms with Crippen molar-refractivity contribution in [3.63, 3.8) is 0 Å². The first-order chi connectivity index (χ1) is 7.99. The normalized spacial score (nSPS) is 10.5. The lowest BCUT2D eigenvalue weighted by Gasteiger charge is -2.02. The van der Waals surface area contributed by atoms with Crippen molar-refractivity contribution < 1.29 is 4.79 Å². The summed E-state index contributed by atoms with van der Waals surface area (Å²) in [5.41, 5.74) is 7.77. The minimum atomic E-state index is -0.334. The smallest absolute Gasteiger partial charge is 0.278 e. The summed E-state index contributed by atoms with van der Waals surface area (Å²) in [6, 6.07) is 0. The van der Waals surface area contributed by atoms with Crippen molar-refractivity contribution in [1.82, 2.24) is 19.6 Å². The molecule has 0 unspecified atom stereocenters. The maximum Gasteiger partial charge on any atom is 0.278 e. The summed E-state index contributed by atoms with van der Waals surface area (Å²) in [6.45, 7) is 1.87. The minimum Gasteiger partial charge on any atom is -0.396 e. The molecule has 0 spiro atoms. The molecule has 0 aliphatic heterocycles. The number of aryl methyl sites for hydroxylation is 2. The number of nitrogens with zero attached hydrogens (tertiary/aromatic N) is 4. The molecule has 0 saturated heterocycles. The molecule has 0 aliphatic rings. The number of carbonyl (C=O) groups excluding carboxylic acids is 1. The van der Waals surface area contributed by atoms with Gasteiger partial charge in [0, 0.05) is 20.3 Å². The number of hydrogen-bond acceptors (Lipinski definition) is 4. The topological polar surface area (TPSA) is 90.8 Å². The lowest BCUT2D eigenvalue weighted by molar-refractivity contribution is 0.102. The number of nitrogen functional groups attached to an aromatic ring is 1. The van der Waals surface area contributed by atoms with E-state index in [0.29, 0.717) is 11.4 Å². The molecule has 3 N–H and O–H groups in total. The molecule has 0 fully saturated rings. The summed E-state index contributed by atoms with van der Waals surface area (Å²) in [5, 5.41) is 10.8. The van der Waals surface area contributed by atoms with Crippen LogP contribution in [0.15, 0.2) is 12.4 Å². The van der Waals surface area contributed by atoms with Crippen LogP contribution in [0.5, 0.6) is 0 Å². The van der Waals surface area contributed by atoms with Gasteiger partial charge in [-0.1, -0.05) is 0 Å². The molecular weight excluding hydrogens is 220 g/mol. The second-order valence-electron chi connectivity index (χ2n) is 3.83. The molecule has 7 heteroatoms. The first kappa shape index (κ1) is 11.2. The molecule has 0 saturated carbocycles. The predicted molar refractivity (Wildman–Crippen MR) is 63.5 cm³/mol. The van der Waals surface area contributed by atoms with Gasteiger partial charge in [0.1, 0.15) is 0 Å². The van der Waals surface area contributed by atoms with Crippen LogP contribution in [0.2, 0.25) is 0 Å². The summed E-state index contributed by atoms with van der Waals surface area (Å²) >= 11 is 0. The average Bonchev–Trinajstić information content (AvgIpc) is 2.75. The standard InChI is InChI=1S/C10H14N6O/c1-6-8(4-12-16(6)3)13-10(17)9-7(11)5-15(2)14-9/h4-5H,11H2,1-3H3,(H,13,17). The van der Waals surface area contributed by atoms with E-state index in [9.17, 15) is 4.79 Å². The van der Waals surface area contributed by atoms with E-state index < -0.39 is 0 Å². The second-order valence-corrected chi connectivity index (χ2v) is 3.83. The average molecular weight is 234 g/mol. The first-order valence-electron chi connectivity index (χ1n) is 5.08. The van der Waals surface area contributed by atoms with Crippen molar-refractivity contribution in [1.29, 1.82) is 0 Å². The Morgan fingerprint density at radius 3 is 2.65 bits per heavy atom. The molecule has 7 nitrogen and oxygen atoms in total. The number of aromatic nitrogens is 4. The Morgan fingerprint density at radius 1 is 1.47 bits per heavy atom. The summed E-state index contributed by atoms with van der Waals surface area (Å²) < 4.78 is 3.18. The SMILES string of the molecule is Cc1c(NC(=O)c2nn(C)cc2N)cnn1C. The van der Waals surface area contributed by atoms with E-state index in [1.165, 1.54) is 4.68 Å². The largest absolute Gasteiger partial charge is 0.396 e. The number of nitrogens with two attached hydrogens (primary N) is 1. The Kier molecular flexibility index (Phi) is 2.58. The Bertz CT molecular complexity index is 567. The van der Waals surface area contributed by atoms with Gasteiger partial charge in [0.15, 0.2) is 5.69 Å². The van der Waals surface area contributed by atoms with Crippen LogP contribution < -0.4 is 11.1 Å². The van der Waals surface area contributed by atoms with E-state index in [-0.39, 0.29) is 11.6 Å². The Balaban J connectivity index is 2.23. The quantitative estimate of drug-likeness (QED) is 0.781. The van der Waals surface area contributed by atoms with Crippen molar-refractivity contribution in [3.05, 3.63) is 23.8 Å². The van der Waals surface area contributed by atoms with Crippen molar-refractivity contribution in [2.45, 2.75) is 6.92 Å². The minimum absolute atomic E-state index is 0.218. The van der Waals surface area contributed by atoms with Crippen LogP contribution in [0.1, 0.15) is 16.2 Å². The Hall–Kier alpha value is -2.31. The molecule has 0 aliphatic carbocycles. The van der Waals surface area contributed by atoms with Gasteiger partial charge in [0.25, 0.3) is 5.91 Å². The van der Waals surface area contributed by atoms with Crippen LogP contribution in [0, 0.1) is 6.92 Å². The second kappa shape index (κ2) is 3.93. The van der Waals surface area contributed by atoms with E-state index in [2.05, 4.69) is 15.5 Å². The summed E-state index contributed by atoms with van der Waals surface area (Å²) in [4.78, 5) is 11.9. The molecule has 90 valence electrons. The van der Waals surface area contributed by atoms with Crippen LogP contribution in [0.4, 0.5) is 11.4 Å². The molecule has 2 heterocycles. The van der Waals surface area contributed by atoms with Gasteiger partial charge in [-0.05, 0) is 6.92 Å². The van der Waals surface area contributed by atoms with E-state index in [1.54, 1.807) is 31.2 Å². The van der Waals surface area contributed by atoms with Gasteiger partial charge in [0.2, 0.25) is 0 Å². The van der Waals surface area contributed by atoms with Gasteiger partial charge >= 0.3 is 0 Å².